The maximum atomic E-state index is 6.09. The summed E-state index contributed by atoms with van der Waals surface area (Å²) in [5.41, 5.74) is 10.8. The first kappa shape index (κ1) is 13.6. The minimum atomic E-state index is 0.364. The van der Waals surface area contributed by atoms with Gasteiger partial charge in [-0.1, -0.05) is 32.0 Å². The van der Waals surface area contributed by atoms with Crippen LogP contribution in [0.1, 0.15) is 56.2 Å². The van der Waals surface area contributed by atoms with Crippen LogP contribution < -0.4 is 5.73 Å². The van der Waals surface area contributed by atoms with Crippen LogP contribution in [0.5, 0.6) is 0 Å². The molecule has 1 aromatic carbocycles. The molecule has 0 radical (unpaired) electrons. The molecular weight excluding hydrogens is 218 g/mol. The Morgan fingerprint density at radius 3 is 2.56 bits per heavy atom. The van der Waals surface area contributed by atoms with Gasteiger partial charge in [0, 0.05) is 6.04 Å². The van der Waals surface area contributed by atoms with Crippen LogP contribution in [0.3, 0.4) is 0 Å². The fraction of sp³-hybridized carbons (Fsp3) is 0.647. The fourth-order valence-electron chi connectivity index (χ4n) is 2.82. The Kier molecular flexibility index (Phi) is 4.82. The van der Waals surface area contributed by atoms with Crippen molar-refractivity contribution in [3.05, 3.63) is 34.9 Å². The summed E-state index contributed by atoms with van der Waals surface area (Å²) in [5.74, 6) is 0.605. The number of aryl methyl sites for hydroxylation is 3. The van der Waals surface area contributed by atoms with E-state index in [1.807, 2.05) is 0 Å². The summed E-state index contributed by atoms with van der Waals surface area (Å²) < 4.78 is 0. The molecule has 1 unspecified atom stereocenters. The molecule has 18 heavy (non-hydrogen) atoms. The third-order valence-electron chi connectivity index (χ3n) is 4.27. The maximum absolute atomic E-state index is 6.09. The van der Waals surface area contributed by atoms with E-state index in [1.165, 1.54) is 44.1 Å². The van der Waals surface area contributed by atoms with Gasteiger partial charge in [0.15, 0.2) is 0 Å². The summed E-state index contributed by atoms with van der Waals surface area (Å²) in [4.78, 5) is 0. The summed E-state index contributed by atoms with van der Waals surface area (Å²) >= 11 is 0. The lowest BCUT2D eigenvalue weighted by Crippen LogP contribution is -2.26. The van der Waals surface area contributed by atoms with E-state index < -0.39 is 0 Å². The zero-order valence-electron chi connectivity index (χ0n) is 11.9. The van der Waals surface area contributed by atoms with Crippen molar-refractivity contribution in [1.29, 1.82) is 0 Å². The van der Waals surface area contributed by atoms with Gasteiger partial charge in [-0.3, -0.25) is 0 Å². The lowest BCUT2D eigenvalue weighted by Gasteiger charge is -2.17. The lowest BCUT2D eigenvalue weighted by atomic mass is 9.89. The van der Waals surface area contributed by atoms with Gasteiger partial charge in [-0.15, -0.1) is 0 Å². The number of hydrogen-bond donors (Lipinski definition) is 1. The zero-order chi connectivity index (χ0) is 13.0. The van der Waals surface area contributed by atoms with Gasteiger partial charge >= 0.3 is 0 Å². The first-order valence-corrected chi connectivity index (χ1v) is 7.53. The Morgan fingerprint density at radius 2 is 1.83 bits per heavy atom. The van der Waals surface area contributed by atoms with Crippen molar-refractivity contribution in [2.45, 2.75) is 64.8 Å². The monoisotopic (exact) mass is 245 g/mol. The molecule has 1 nitrogen and oxygen atoms in total. The molecule has 0 amide bonds. The molecule has 0 aromatic heterocycles. The van der Waals surface area contributed by atoms with E-state index >= 15 is 0 Å². The van der Waals surface area contributed by atoms with Crippen LogP contribution in [0.4, 0.5) is 0 Å². The normalized spacial score (nSPS) is 16.7. The van der Waals surface area contributed by atoms with E-state index in [1.54, 1.807) is 11.1 Å². The number of rotatable bonds is 5. The SMILES string of the molecule is CC(C)C(N)CCCc1ccc2c(c1)CCCC2. The topological polar surface area (TPSA) is 26.0 Å². The van der Waals surface area contributed by atoms with E-state index in [2.05, 4.69) is 32.0 Å². The Morgan fingerprint density at radius 1 is 1.11 bits per heavy atom. The molecule has 0 aliphatic heterocycles. The van der Waals surface area contributed by atoms with Crippen molar-refractivity contribution in [1.82, 2.24) is 0 Å². The number of benzene rings is 1. The van der Waals surface area contributed by atoms with Crippen LogP contribution in [0.2, 0.25) is 0 Å². The molecule has 2 rings (SSSR count). The predicted octanol–water partition coefficient (Wildman–Crippen LogP) is 3.87. The van der Waals surface area contributed by atoms with Gasteiger partial charge in [0.25, 0.3) is 0 Å². The van der Waals surface area contributed by atoms with Gasteiger partial charge in [0.2, 0.25) is 0 Å². The molecule has 0 heterocycles. The van der Waals surface area contributed by atoms with E-state index in [4.69, 9.17) is 5.73 Å². The van der Waals surface area contributed by atoms with Crippen molar-refractivity contribution < 1.29 is 0 Å². The van der Waals surface area contributed by atoms with E-state index in [0.29, 0.717) is 12.0 Å². The van der Waals surface area contributed by atoms with E-state index in [0.717, 1.165) is 6.42 Å². The van der Waals surface area contributed by atoms with Gasteiger partial charge in [-0.2, -0.15) is 0 Å². The van der Waals surface area contributed by atoms with Gasteiger partial charge in [-0.25, -0.2) is 0 Å². The molecule has 100 valence electrons. The molecule has 0 saturated carbocycles. The average molecular weight is 245 g/mol. The van der Waals surface area contributed by atoms with Gasteiger partial charge in [0.05, 0.1) is 0 Å². The maximum Gasteiger partial charge on any atom is 0.00620 e. The summed E-state index contributed by atoms with van der Waals surface area (Å²) in [6.45, 7) is 4.42. The van der Waals surface area contributed by atoms with E-state index in [9.17, 15) is 0 Å². The standard InChI is InChI=1S/C17H27N/c1-13(2)17(18)9-5-6-14-10-11-15-7-3-4-8-16(15)12-14/h10-13,17H,3-9,18H2,1-2H3. The summed E-state index contributed by atoms with van der Waals surface area (Å²) in [5, 5.41) is 0. The van der Waals surface area contributed by atoms with Crippen LogP contribution in [0.25, 0.3) is 0 Å². The summed E-state index contributed by atoms with van der Waals surface area (Å²) in [7, 11) is 0. The number of hydrogen-bond acceptors (Lipinski definition) is 1. The highest BCUT2D eigenvalue weighted by Gasteiger charge is 2.10. The molecule has 1 heteroatoms. The second-order valence-electron chi connectivity index (χ2n) is 6.11. The smallest absolute Gasteiger partial charge is 0.00620 e. The predicted molar refractivity (Wildman–Crippen MR) is 78.8 cm³/mol. The van der Waals surface area contributed by atoms with Crippen molar-refractivity contribution in [3.63, 3.8) is 0 Å². The highest BCUT2D eigenvalue weighted by molar-refractivity contribution is 5.33. The second-order valence-corrected chi connectivity index (χ2v) is 6.11. The summed E-state index contributed by atoms with van der Waals surface area (Å²) in [6.07, 6.45) is 8.87. The highest BCUT2D eigenvalue weighted by Crippen LogP contribution is 2.23. The number of nitrogens with two attached hydrogens (primary N) is 1. The quantitative estimate of drug-likeness (QED) is 0.837. The zero-order valence-corrected chi connectivity index (χ0v) is 11.9. The Hall–Kier alpha value is -0.820. The van der Waals surface area contributed by atoms with E-state index in [-0.39, 0.29) is 0 Å². The first-order chi connectivity index (χ1) is 8.66. The molecule has 1 atom stereocenters. The van der Waals surface area contributed by atoms with Gasteiger partial charge < -0.3 is 5.73 Å². The Balaban J connectivity index is 1.86. The minimum Gasteiger partial charge on any atom is -0.327 e. The van der Waals surface area contributed by atoms with Gasteiger partial charge in [-0.05, 0) is 67.6 Å². The van der Waals surface area contributed by atoms with Crippen molar-refractivity contribution in [2.24, 2.45) is 11.7 Å². The molecular formula is C17H27N. The Labute approximate surface area is 112 Å². The van der Waals surface area contributed by atoms with Gasteiger partial charge in [0.1, 0.15) is 0 Å². The molecule has 0 saturated heterocycles. The highest BCUT2D eigenvalue weighted by atomic mass is 14.6. The average Bonchev–Trinajstić information content (AvgIpc) is 2.38. The van der Waals surface area contributed by atoms with Crippen LogP contribution in [-0.2, 0) is 19.3 Å². The third-order valence-corrected chi connectivity index (χ3v) is 4.27. The lowest BCUT2D eigenvalue weighted by molar-refractivity contribution is 0.452. The van der Waals surface area contributed by atoms with Crippen LogP contribution in [0, 0.1) is 5.92 Å². The van der Waals surface area contributed by atoms with Crippen molar-refractivity contribution in [2.75, 3.05) is 0 Å². The van der Waals surface area contributed by atoms with Crippen LogP contribution >= 0.6 is 0 Å². The summed E-state index contributed by atoms with van der Waals surface area (Å²) in [6, 6.07) is 7.48. The first-order valence-electron chi connectivity index (χ1n) is 7.53. The van der Waals surface area contributed by atoms with Crippen LogP contribution in [-0.4, -0.2) is 6.04 Å². The molecule has 1 aromatic rings. The number of fused-ring (bicyclic) bond motifs is 1. The minimum absolute atomic E-state index is 0.364. The van der Waals surface area contributed by atoms with Crippen LogP contribution in [0.15, 0.2) is 18.2 Å². The molecule has 1 aliphatic carbocycles. The fourth-order valence-corrected chi connectivity index (χ4v) is 2.82. The molecule has 0 spiro atoms. The largest absolute Gasteiger partial charge is 0.327 e. The molecule has 0 fully saturated rings. The third kappa shape index (κ3) is 3.58. The van der Waals surface area contributed by atoms with Crippen molar-refractivity contribution in [3.8, 4) is 0 Å². The second kappa shape index (κ2) is 6.38. The molecule has 0 bridgehead atoms. The molecule has 2 N–H and O–H groups in total. The molecule has 1 aliphatic rings. The Bertz CT molecular complexity index is 381. The van der Waals surface area contributed by atoms with Crippen molar-refractivity contribution >= 4 is 0 Å².